The maximum Gasteiger partial charge on any atom is 0.0700 e. The van der Waals surface area contributed by atoms with Crippen molar-refractivity contribution >= 4 is 0 Å². The van der Waals surface area contributed by atoms with Gasteiger partial charge in [-0.25, -0.2) is 0 Å². The molecule has 3 nitrogen and oxygen atoms in total. The number of hydrogen-bond donors (Lipinski definition) is 1. The molecule has 90 valence electrons. The van der Waals surface area contributed by atoms with Gasteiger partial charge in [0.05, 0.1) is 13.2 Å². The molecule has 2 unspecified atom stereocenters. The lowest BCUT2D eigenvalue weighted by atomic mass is 10.2. The highest BCUT2D eigenvalue weighted by Crippen LogP contribution is 2.34. The first kappa shape index (κ1) is 12.9. The van der Waals surface area contributed by atoms with E-state index in [-0.39, 0.29) is 0 Å². The molecular weight excluding hydrogens is 190 g/mol. The topological polar surface area (TPSA) is 30.5 Å². The fourth-order valence-electron chi connectivity index (χ4n) is 1.89. The molecule has 1 fully saturated rings. The van der Waals surface area contributed by atoms with Crippen LogP contribution in [0.1, 0.15) is 32.6 Å². The summed E-state index contributed by atoms with van der Waals surface area (Å²) in [4.78, 5) is 0. The summed E-state index contributed by atoms with van der Waals surface area (Å²) in [7, 11) is 1.70. The SMILES string of the molecule is CCCC1CC1NCCCOCCOC. The summed E-state index contributed by atoms with van der Waals surface area (Å²) in [5, 5.41) is 3.57. The van der Waals surface area contributed by atoms with Crippen LogP contribution in [0.2, 0.25) is 0 Å². The second-order valence-corrected chi connectivity index (χ2v) is 4.30. The maximum atomic E-state index is 5.39. The first-order valence-corrected chi connectivity index (χ1v) is 6.18. The van der Waals surface area contributed by atoms with E-state index in [4.69, 9.17) is 9.47 Å². The lowest BCUT2D eigenvalue weighted by molar-refractivity contribution is 0.0694. The summed E-state index contributed by atoms with van der Waals surface area (Å²) in [6, 6.07) is 0.809. The lowest BCUT2D eigenvalue weighted by Crippen LogP contribution is -2.21. The van der Waals surface area contributed by atoms with Gasteiger partial charge >= 0.3 is 0 Å². The number of methoxy groups -OCH3 is 1. The molecule has 0 amide bonds. The van der Waals surface area contributed by atoms with E-state index in [0.717, 1.165) is 38.1 Å². The average Bonchev–Trinajstić information content (AvgIpc) is 2.96. The number of hydrogen-bond acceptors (Lipinski definition) is 3. The molecular formula is C12H25NO2. The normalized spacial score (nSPS) is 24.4. The highest BCUT2D eigenvalue weighted by Gasteiger charge is 2.34. The van der Waals surface area contributed by atoms with E-state index in [9.17, 15) is 0 Å². The van der Waals surface area contributed by atoms with E-state index in [0.29, 0.717) is 6.61 Å². The highest BCUT2D eigenvalue weighted by atomic mass is 16.5. The molecule has 1 aliphatic carbocycles. The Morgan fingerprint density at radius 2 is 2.13 bits per heavy atom. The Kier molecular flexibility index (Phi) is 6.98. The molecule has 1 aliphatic rings. The molecule has 0 aromatic heterocycles. The van der Waals surface area contributed by atoms with E-state index < -0.39 is 0 Å². The van der Waals surface area contributed by atoms with Gasteiger partial charge in [0.1, 0.15) is 0 Å². The average molecular weight is 215 g/mol. The van der Waals surface area contributed by atoms with Crippen molar-refractivity contribution in [1.82, 2.24) is 5.32 Å². The van der Waals surface area contributed by atoms with Crippen LogP contribution in [0.5, 0.6) is 0 Å². The van der Waals surface area contributed by atoms with Crippen LogP contribution in [-0.4, -0.2) is 39.5 Å². The summed E-state index contributed by atoms with van der Waals surface area (Å²) in [6.45, 7) is 5.63. The van der Waals surface area contributed by atoms with Gasteiger partial charge in [0.25, 0.3) is 0 Å². The third-order valence-electron chi connectivity index (χ3n) is 2.89. The largest absolute Gasteiger partial charge is 0.382 e. The zero-order valence-electron chi connectivity index (χ0n) is 10.1. The monoisotopic (exact) mass is 215 g/mol. The van der Waals surface area contributed by atoms with Gasteiger partial charge in [-0.3, -0.25) is 0 Å². The summed E-state index contributed by atoms with van der Waals surface area (Å²) in [6.07, 6.45) is 5.21. The van der Waals surface area contributed by atoms with Gasteiger partial charge in [0.15, 0.2) is 0 Å². The van der Waals surface area contributed by atoms with Crippen LogP contribution in [0.25, 0.3) is 0 Å². The van der Waals surface area contributed by atoms with E-state index >= 15 is 0 Å². The highest BCUT2D eigenvalue weighted by molar-refractivity contribution is 4.92. The fraction of sp³-hybridized carbons (Fsp3) is 1.00. The van der Waals surface area contributed by atoms with Crippen LogP contribution >= 0.6 is 0 Å². The lowest BCUT2D eigenvalue weighted by Gasteiger charge is -2.05. The fourth-order valence-corrected chi connectivity index (χ4v) is 1.89. The Bertz CT molecular complexity index is 153. The van der Waals surface area contributed by atoms with Crippen molar-refractivity contribution in [3.05, 3.63) is 0 Å². The van der Waals surface area contributed by atoms with Crippen LogP contribution in [-0.2, 0) is 9.47 Å². The molecule has 0 heterocycles. The zero-order valence-corrected chi connectivity index (χ0v) is 10.1. The van der Waals surface area contributed by atoms with Gasteiger partial charge in [-0.15, -0.1) is 0 Å². The molecule has 0 saturated heterocycles. The minimum atomic E-state index is 0.703. The molecule has 0 spiro atoms. The smallest absolute Gasteiger partial charge is 0.0700 e. The molecule has 3 heteroatoms. The molecule has 0 radical (unpaired) electrons. The summed E-state index contributed by atoms with van der Waals surface area (Å²) >= 11 is 0. The Morgan fingerprint density at radius 1 is 1.27 bits per heavy atom. The standard InChI is InChI=1S/C12H25NO2/c1-3-5-11-10-12(11)13-6-4-7-15-9-8-14-2/h11-13H,3-10H2,1-2H3. The van der Waals surface area contributed by atoms with Crippen molar-refractivity contribution in [2.45, 2.75) is 38.6 Å². The Morgan fingerprint density at radius 3 is 2.87 bits per heavy atom. The molecule has 1 saturated carbocycles. The van der Waals surface area contributed by atoms with Crippen LogP contribution in [0, 0.1) is 5.92 Å². The maximum absolute atomic E-state index is 5.39. The van der Waals surface area contributed by atoms with Crippen molar-refractivity contribution in [2.75, 3.05) is 33.5 Å². The number of nitrogens with one attached hydrogen (secondary N) is 1. The summed E-state index contributed by atoms with van der Waals surface area (Å²) in [5.74, 6) is 0.962. The van der Waals surface area contributed by atoms with Gasteiger partial charge in [-0.2, -0.15) is 0 Å². The van der Waals surface area contributed by atoms with Gasteiger partial charge in [-0.05, 0) is 31.7 Å². The van der Waals surface area contributed by atoms with Crippen LogP contribution in [0.3, 0.4) is 0 Å². The predicted molar refractivity (Wildman–Crippen MR) is 62.1 cm³/mol. The molecule has 15 heavy (non-hydrogen) atoms. The second kappa shape index (κ2) is 8.08. The minimum Gasteiger partial charge on any atom is -0.382 e. The summed E-state index contributed by atoms with van der Waals surface area (Å²) < 4.78 is 10.3. The van der Waals surface area contributed by atoms with E-state index in [1.54, 1.807) is 7.11 Å². The third kappa shape index (κ3) is 6.13. The van der Waals surface area contributed by atoms with E-state index in [1.807, 2.05) is 0 Å². The molecule has 0 bridgehead atoms. The number of rotatable bonds is 10. The molecule has 1 N–H and O–H groups in total. The van der Waals surface area contributed by atoms with Crippen molar-refractivity contribution in [3.8, 4) is 0 Å². The molecule has 0 aromatic carbocycles. The molecule has 1 rings (SSSR count). The second-order valence-electron chi connectivity index (χ2n) is 4.30. The summed E-state index contributed by atoms with van der Waals surface area (Å²) in [5.41, 5.74) is 0. The van der Waals surface area contributed by atoms with Crippen molar-refractivity contribution in [1.29, 1.82) is 0 Å². The van der Waals surface area contributed by atoms with Crippen LogP contribution in [0.15, 0.2) is 0 Å². The first-order chi connectivity index (χ1) is 7.38. The molecule has 0 aliphatic heterocycles. The first-order valence-electron chi connectivity index (χ1n) is 6.18. The van der Waals surface area contributed by atoms with Crippen molar-refractivity contribution < 1.29 is 9.47 Å². The van der Waals surface area contributed by atoms with Gasteiger partial charge in [0, 0.05) is 19.8 Å². The third-order valence-corrected chi connectivity index (χ3v) is 2.89. The number of ether oxygens (including phenoxy) is 2. The Labute approximate surface area is 93.5 Å². The van der Waals surface area contributed by atoms with Crippen molar-refractivity contribution in [2.24, 2.45) is 5.92 Å². The molecule has 0 aromatic rings. The zero-order chi connectivity index (χ0) is 10.9. The predicted octanol–water partition coefficient (Wildman–Crippen LogP) is 1.82. The van der Waals surface area contributed by atoms with Crippen molar-refractivity contribution in [3.63, 3.8) is 0 Å². The Hall–Kier alpha value is -0.120. The van der Waals surface area contributed by atoms with Crippen LogP contribution < -0.4 is 5.32 Å². The van der Waals surface area contributed by atoms with E-state index in [2.05, 4.69) is 12.2 Å². The minimum absolute atomic E-state index is 0.703. The van der Waals surface area contributed by atoms with Crippen LogP contribution in [0.4, 0.5) is 0 Å². The Balaban J connectivity index is 1.75. The molecule has 2 atom stereocenters. The van der Waals surface area contributed by atoms with Gasteiger partial charge in [-0.1, -0.05) is 13.3 Å². The van der Waals surface area contributed by atoms with Gasteiger partial charge in [0.2, 0.25) is 0 Å². The van der Waals surface area contributed by atoms with Gasteiger partial charge < -0.3 is 14.8 Å². The quantitative estimate of drug-likeness (QED) is 0.564. The van der Waals surface area contributed by atoms with E-state index in [1.165, 1.54) is 19.3 Å².